The zero-order valence-corrected chi connectivity index (χ0v) is 16.2. The van der Waals surface area contributed by atoms with E-state index in [4.69, 9.17) is 10.5 Å². The summed E-state index contributed by atoms with van der Waals surface area (Å²) in [5, 5.41) is 7.52. The van der Waals surface area contributed by atoms with Gasteiger partial charge in [0.05, 0.1) is 0 Å². The first-order valence-electron chi connectivity index (χ1n) is 9.25. The van der Waals surface area contributed by atoms with Crippen molar-refractivity contribution in [1.29, 1.82) is 0 Å². The molecule has 3 aromatic rings. The highest BCUT2D eigenvalue weighted by Gasteiger charge is 2.06. The molecular weight excluding hydrogens is 373 g/mol. The number of benzene rings is 2. The van der Waals surface area contributed by atoms with Gasteiger partial charge in [0.2, 0.25) is 0 Å². The molecule has 0 aliphatic rings. The Balaban J connectivity index is 1.49. The van der Waals surface area contributed by atoms with Gasteiger partial charge in [0.1, 0.15) is 11.6 Å². The van der Waals surface area contributed by atoms with Crippen molar-refractivity contribution in [3.63, 3.8) is 0 Å². The van der Waals surface area contributed by atoms with E-state index in [0.29, 0.717) is 24.8 Å². The summed E-state index contributed by atoms with van der Waals surface area (Å²) < 4.78 is 18.6. The molecule has 0 bridgehead atoms. The van der Waals surface area contributed by atoms with E-state index in [-0.39, 0.29) is 12.4 Å². The summed E-state index contributed by atoms with van der Waals surface area (Å²) in [5.41, 5.74) is 7.98. The summed E-state index contributed by atoms with van der Waals surface area (Å²) in [5.74, 6) is 0.484. The van der Waals surface area contributed by atoms with Crippen LogP contribution >= 0.6 is 0 Å². The molecule has 0 aliphatic carbocycles. The molecule has 0 radical (unpaired) electrons. The monoisotopic (exact) mass is 397 g/mol. The molecule has 2 aromatic carbocycles. The maximum Gasteiger partial charge on any atom is 0.255 e. The maximum atomic E-state index is 13.3. The van der Waals surface area contributed by atoms with Crippen LogP contribution in [0.3, 0.4) is 0 Å². The van der Waals surface area contributed by atoms with Crippen LogP contribution in [0.5, 0.6) is 5.75 Å². The number of aromatic nitrogens is 1. The average molecular weight is 397 g/mol. The highest BCUT2D eigenvalue weighted by molar-refractivity contribution is 5.83. The molecule has 1 heterocycles. The number of aromatic amines is 1. The third-order valence-electron chi connectivity index (χ3n) is 4.38. The number of amides is 1. The van der Waals surface area contributed by atoms with E-state index >= 15 is 0 Å². The van der Waals surface area contributed by atoms with Gasteiger partial charge in [-0.05, 0) is 47.9 Å². The van der Waals surface area contributed by atoms with Crippen molar-refractivity contribution >= 4 is 22.8 Å². The molecule has 0 unspecified atom stereocenters. The fourth-order valence-corrected chi connectivity index (χ4v) is 2.99. The molecule has 1 aromatic heterocycles. The molecule has 152 valence electrons. The first-order chi connectivity index (χ1) is 14.0. The molecule has 0 saturated carbocycles. The Morgan fingerprint density at radius 3 is 2.90 bits per heavy atom. The minimum Gasteiger partial charge on any atom is -0.484 e. The van der Waals surface area contributed by atoms with Crippen LogP contribution in [0.15, 0.2) is 53.7 Å². The highest BCUT2D eigenvalue weighted by atomic mass is 19.1. The lowest BCUT2D eigenvalue weighted by molar-refractivity contribution is -0.119. The minimum absolute atomic E-state index is 0.152. The Labute approximate surface area is 168 Å². The van der Waals surface area contributed by atoms with Gasteiger partial charge in [0.15, 0.2) is 12.6 Å². The molecule has 3 rings (SSSR count). The second-order valence-corrected chi connectivity index (χ2v) is 6.51. The zero-order chi connectivity index (χ0) is 20.6. The number of nitrogens with zero attached hydrogens (tertiary/aromatic N) is 1. The van der Waals surface area contributed by atoms with Crippen LogP contribution < -0.4 is 21.1 Å². The predicted octanol–water partition coefficient (Wildman–Crippen LogP) is 2.08. The number of H-pyrrole nitrogens is 1. The molecular formula is C21H24FN5O2. The van der Waals surface area contributed by atoms with Gasteiger partial charge < -0.3 is 26.1 Å². The Kier molecular flexibility index (Phi) is 6.67. The number of nitrogens with one attached hydrogen (secondary N) is 3. The Morgan fingerprint density at radius 2 is 2.10 bits per heavy atom. The van der Waals surface area contributed by atoms with Gasteiger partial charge in [-0.1, -0.05) is 12.1 Å². The number of hydrogen-bond donors (Lipinski definition) is 4. The third-order valence-corrected chi connectivity index (χ3v) is 4.38. The molecule has 5 N–H and O–H groups in total. The van der Waals surface area contributed by atoms with Crippen LogP contribution in [0.4, 0.5) is 4.39 Å². The number of primary amides is 1. The van der Waals surface area contributed by atoms with Gasteiger partial charge in [0, 0.05) is 37.2 Å². The zero-order valence-electron chi connectivity index (χ0n) is 16.2. The molecule has 0 saturated heterocycles. The fourth-order valence-electron chi connectivity index (χ4n) is 2.99. The van der Waals surface area contributed by atoms with Crippen LogP contribution in [-0.4, -0.2) is 37.1 Å². The molecule has 29 heavy (non-hydrogen) atoms. The van der Waals surface area contributed by atoms with E-state index in [1.165, 1.54) is 12.1 Å². The highest BCUT2D eigenvalue weighted by Crippen LogP contribution is 2.19. The van der Waals surface area contributed by atoms with Gasteiger partial charge in [0.25, 0.3) is 5.91 Å². The van der Waals surface area contributed by atoms with E-state index < -0.39 is 5.91 Å². The minimum atomic E-state index is -0.515. The number of hydrogen-bond acceptors (Lipinski definition) is 3. The quantitative estimate of drug-likeness (QED) is 0.345. The Bertz CT molecular complexity index is 1020. The lowest BCUT2D eigenvalue weighted by Gasteiger charge is -2.12. The smallest absolute Gasteiger partial charge is 0.255 e. The van der Waals surface area contributed by atoms with Crippen LogP contribution in [0, 0.1) is 5.82 Å². The molecule has 0 spiro atoms. The Morgan fingerprint density at radius 1 is 1.24 bits per heavy atom. The van der Waals surface area contributed by atoms with Gasteiger partial charge in [-0.15, -0.1) is 0 Å². The molecule has 0 atom stereocenters. The van der Waals surface area contributed by atoms with Crippen molar-refractivity contribution in [2.75, 3.05) is 20.2 Å². The first kappa shape index (κ1) is 20.2. The molecule has 8 heteroatoms. The number of fused-ring (bicyclic) bond motifs is 1. The summed E-state index contributed by atoms with van der Waals surface area (Å²) in [6.07, 6.45) is 2.67. The summed E-state index contributed by atoms with van der Waals surface area (Å²) in [7, 11) is 1.70. The molecule has 0 fully saturated rings. The van der Waals surface area contributed by atoms with E-state index in [2.05, 4.69) is 20.6 Å². The lowest BCUT2D eigenvalue weighted by Crippen LogP contribution is -2.37. The molecule has 7 nitrogen and oxygen atoms in total. The topological polar surface area (TPSA) is 105 Å². The van der Waals surface area contributed by atoms with Crippen LogP contribution in [0.2, 0.25) is 0 Å². The largest absolute Gasteiger partial charge is 0.484 e. The fraction of sp³-hybridized carbons (Fsp3) is 0.238. The van der Waals surface area contributed by atoms with E-state index in [0.717, 1.165) is 28.5 Å². The number of ether oxygens (including phenoxy) is 1. The summed E-state index contributed by atoms with van der Waals surface area (Å²) in [4.78, 5) is 18.1. The second-order valence-electron chi connectivity index (χ2n) is 6.51. The van der Waals surface area contributed by atoms with Gasteiger partial charge in [-0.2, -0.15) is 0 Å². The normalized spacial score (nSPS) is 11.4. The van der Waals surface area contributed by atoms with Gasteiger partial charge >= 0.3 is 0 Å². The van der Waals surface area contributed by atoms with Gasteiger partial charge in [-0.3, -0.25) is 9.79 Å². The number of halogens is 1. The Hall–Kier alpha value is -3.55. The average Bonchev–Trinajstić information content (AvgIpc) is 3.11. The number of carbonyl (C=O) groups is 1. The summed E-state index contributed by atoms with van der Waals surface area (Å²) in [6.45, 7) is 1.06. The first-order valence-corrected chi connectivity index (χ1v) is 9.25. The summed E-state index contributed by atoms with van der Waals surface area (Å²) >= 11 is 0. The van der Waals surface area contributed by atoms with Gasteiger partial charge in [-0.25, -0.2) is 4.39 Å². The number of guanidine groups is 1. The van der Waals surface area contributed by atoms with Crippen LogP contribution in [-0.2, 0) is 17.8 Å². The maximum absolute atomic E-state index is 13.3. The van der Waals surface area contributed by atoms with Crippen LogP contribution in [0.1, 0.15) is 11.1 Å². The molecule has 1 amide bonds. The molecule has 0 aliphatic heterocycles. The van der Waals surface area contributed by atoms with Crippen molar-refractivity contribution in [3.05, 3.63) is 65.6 Å². The van der Waals surface area contributed by atoms with Crippen molar-refractivity contribution in [1.82, 2.24) is 15.6 Å². The van der Waals surface area contributed by atoms with E-state index in [1.54, 1.807) is 19.2 Å². The SMILES string of the molecule is CN=C(NCCc1c[nH]c2cc(F)ccc12)NCc1cccc(OCC(N)=O)c1. The van der Waals surface area contributed by atoms with Crippen molar-refractivity contribution < 1.29 is 13.9 Å². The lowest BCUT2D eigenvalue weighted by atomic mass is 10.1. The van der Waals surface area contributed by atoms with Crippen molar-refractivity contribution in [2.24, 2.45) is 10.7 Å². The van der Waals surface area contributed by atoms with Crippen molar-refractivity contribution in [3.8, 4) is 5.75 Å². The second kappa shape index (κ2) is 9.59. The number of carbonyl (C=O) groups excluding carboxylic acids is 1. The van der Waals surface area contributed by atoms with E-state index in [9.17, 15) is 9.18 Å². The third kappa shape index (κ3) is 5.71. The number of nitrogens with two attached hydrogens (primary N) is 1. The van der Waals surface area contributed by atoms with Crippen molar-refractivity contribution in [2.45, 2.75) is 13.0 Å². The van der Waals surface area contributed by atoms with Crippen LogP contribution in [0.25, 0.3) is 10.9 Å². The predicted molar refractivity (Wildman–Crippen MR) is 111 cm³/mol. The standard InChI is InChI=1S/C21H24FN5O2/c1-24-21(27-11-14-3-2-4-17(9-14)29-13-20(23)28)25-8-7-15-12-26-19-10-16(22)5-6-18(15)19/h2-6,9-10,12,26H,7-8,11,13H2,1H3,(H2,23,28)(H2,24,25,27). The summed E-state index contributed by atoms with van der Waals surface area (Å²) in [6, 6.07) is 12.2. The number of rotatable bonds is 8. The van der Waals surface area contributed by atoms with E-state index in [1.807, 2.05) is 24.4 Å². The number of aliphatic imine (C=N–C) groups is 1.